The second-order valence-corrected chi connectivity index (χ2v) is 5.46. The van der Waals surface area contributed by atoms with Crippen LogP contribution in [0.15, 0.2) is 36.5 Å². The van der Waals surface area contributed by atoms with E-state index in [0.717, 1.165) is 24.2 Å². The lowest BCUT2D eigenvalue weighted by atomic mass is 9.90. The number of nitrogen functional groups attached to an aromatic ring is 1. The quantitative estimate of drug-likeness (QED) is 0.909. The van der Waals surface area contributed by atoms with Gasteiger partial charge in [0.2, 0.25) is 5.91 Å². The molecule has 108 valence electrons. The molecular formula is C17H19N3O. The number of hydrogen-bond donors (Lipinski definition) is 2. The summed E-state index contributed by atoms with van der Waals surface area (Å²) in [6.45, 7) is 0. The highest BCUT2D eigenvalue weighted by atomic mass is 16.1. The Labute approximate surface area is 124 Å². The van der Waals surface area contributed by atoms with Gasteiger partial charge in [-0.15, -0.1) is 0 Å². The third-order valence-corrected chi connectivity index (χ3v) is 3.86. The van der Waals surface area contributed by atoms with Crippen LogP contribution in [0.5, 0.6) is 0 Å². The molecule has 0 saturated carbocycles. The zero-order valence-electron chi connectivity index (χ0n) is 11.9. The predicted octanol–water partition coefficient (Wildman–Crippen LogP) is 2.72. The van der Waals surface area contributed by atoms with Crippen LogP contribution in [0.2, 0.25) is 0 Å². The van der Waals surface area contributed by atoms with E-state index in [1.165, 1.54) is 24.0 Å². The maximum atomic E-state index is 12.2. The van der Waals surface area contributed by atoms with E-state index in [4.69, 9.17) is 5.73 Å². The predicted molar refractivity (Wildman–Crippen MR) is 84.1 cm³/mol. The van der Waals surface area contributed by atoms with Crippen LogP contribution in [0.4, 0.5) is 11.4 Å². The average Bonchev–Trinajstić information content (AvgIpc) is 2.50. The lowest BCUT2D eigenvalue weighted by molar-refractivity contribution is -0.115. The van der Waals surface area contributed by atoms with Crippen LogP contribution in [0.25, 0.3) is 0 Å². The van der Waals surface area contributed by atoms with Gasteiger partial charge >= 0.3 is 0 Å². The van der Waals surface area contributed by atoms with Crippen molar-refractivity contribution in [1.29, 1.82) is 0 Å². The van der Waals surface area contributed by atoms with Gasteiger partial charge in [0.05, 0.1) is 18.3 Å². The topological polar surface area (TPSA) is 68.0 Å². The molecule has 2 aromatic rings. The molecule has 4 heteroatoms. The molecule has 0 spiro atoms. The van der Waals surface area contributed by atoms with Crippen molar-refractivity contribution in [2.75, 3.05) is 11.1 Å². The number of aromatic nitrogens is 1. The van der Waals surface area contributed by atoms with E-state index in [-0.39, 0.29) is 12.3 Å². The molecule has 3 rings (SSSR count). The number of carbonyl (C=O) groups excluding carboxylic acids is 1. The van der Waals surface area contributed by atoms with Gasteiger partial charge in [-0.25, -0.2) is 0 Å². The number of benzene rings is 1. The highest BCUT2D eigenvalue weighted by molar-refractivity contribution is 5.93. The van der Waals surface area contributed by atoms with Gasteiger partial charge in [-0.2, -0.15) is 0 Å². The molecule has 1 heterocycles. The van der Waals surface area contributed by atoms with Gasteiger partial charge in [-0.05, 0) is 55.0 Å². The SMILES string of the molecule is Nc1ccc(CC(=O)Nc2cccc3c2CCCC3)nc1. The van der Waals surface area contributed by atoms with E-state index in [2.05, 4.69) is 16.4 Å². The largest absolute Gasteiger partial charge is 0.397 e. The molecule has 0 radical (unpaired) electrons. The van der Waals surface area contributed by atoms with Crippen LogP contribution in [0.3, 0.4) is 0 Å². The first-order chi connectivity index (χ1) is 10.2. The van der Waals surface area contributed by atoms with Gasteiger partial charge < -0.3 is 11.1 Å². The minimum atomic E-state index is -0.0359. The number of nitrogens with zero attached hydrogens (tertiary/aromatic N) is 1. The fraction of sp³-hybridized carbons (Fsp3) is 0.294. The van der Waals surface area contributed by atoms with Crippen LogP contribution in [0.1, 0.15) is 29.7 Å². The summed E-state index contributed by atoms with van der Waals surface area (Å²) in [5, 5.41) is 3.02. The van der Waals surface area contributed by atoms with Crippen molar-refractivity contribution in [2.45, 2.75) is 32.1 Å². The Hall–Kier alpha value is -2.36. The van der Waals surface area contributed by atoms with Crippen LogP contribution in [-0.2, 0) is 24.1 Å². The summed E-state index contributed by atoms with van der Waals surface area (Å²) in [5.74, 6) is -0.0359. The molecule has 1 aromatic carbocycles. The van der Waals surface area contributed by atoms with E-state index in [0.29, 0.717) is 5.69 Å². The zero-order chi connectivity index (χ0) is 14.7. The fourth-order valence-electron chi connectivity index (χ4n) is 2.80. The molecule has 0 unspecified atom stereocenters. The molecule has 1 aliphatic rings. The molecule has 1 aliphatic carbocycles. The van der Waals surface area contributed by atoms with Crippen molar-refractivity contribution in [3.05, 3.63) is 53.3 Å². The van der Waals surface area contributed by atoms with Crippen molar-refractivity contribution >= 4 is 17.3 Å². The van der Waals surface area contributed by atoms with E-state index >= 15 is 0 Å². The Bertz CT molecular complexity index is 650. The molecular weight excluding hydrogens is 262 g/mol. The Morgan fingerprint density at radius 2 is 2.05 bits per heavy atom. The van der Waals surface area contributed by atoms with E-state index in [1.54, 1.807) is 18.3 Å². The number of hydrogen-bond acceptors (Lipinski definition) is 3. The normalized spacial score (nSPS) is 13.5. The molecule has 0 saturated heterocycles. The monoisotopic (exact) mass is 281 g/mol. The molecule has 0 atom stereocenters. The summed E-state index contributed by atoms with van der Waals surface area (Å²) < 4.78 is 0. The summed E-state index contributed by atoms with van der Waals surface area (Å²) >= 11 is 0. The van der Waals surface area contributed by atoms with E-state index in [9.17, 15) is 4.79 Å². The molecule has 0 aliphatic heterocycles. The number of aryl methyl sites for hydroxylation is 1. The first-order valence-electron chi connectivity index (χ1n) is 7.33. The highest BCUT2D eigenvalue weighted by Gasteiger charge is 2.14. The molecule has 0 fully saturated rings. The van der Waals surface area contributed by atoms with Crippen molar-refractivity contribution in [3.63, 3.8) is 0 Å². The Morgan fingerprint density at radius 1 is 1.19 bits per heavy atom. The number of pyridine rings is 1. The number of anilines is 2. The maximum absolute atomic E-state index is 12.2. The molecule has 4 nitrogen and oxygen atoms in total. The van der Waals surface area contributed by atoms with Crippen molar-refractivity contribution in [3.8, 4) is 0 Å². The summed E-state index contributed by atoms with van der Waals surface area (Å²) in [6, 6.07) is 9.71. The Balaban J connectivity index is 1.71. The van der Waals surface area contributed by atoms with Crippen LogP contribution in [-0.4, -0.2) is 10.9 Å². The fourth-order valence-corrected chi connectivity index (χ4v) is 2.80. The summed E-state index contributed by atoms with van der Waals surface area (Å²) in [4.78, 5) is 16.3. The zero-order valence-corrected chi connectivity index (χ0v) is 11.9. The molecule has 1 amide bonds. The Kier molecular flexibility index (Phi) is 3.86. The van der Waals surface area contributed by atoms with Crippen LogP contribution < -0.4 is 11.1 Å². The third-order valence-electron chi connectivity index (χ3n) is 3.86. The summed E-state index contributed by atoms with van der Waals surface area (Å²) in [5.41, 5.74) is 10.5. The smallest absolute Gasteiger partial charge is 0.230 e. The third kappa shape index (κ3) is 3.21. The number of carbonyl (C=O) groups is 1. The lowest BCUT2D eigenvalue weighted by Crippen LogP contribution is -2.17. The first-order valence-corrected chi connectivity index (χ1v) is 7.33. The molecule has 3 N–H and O–H groups in total. The van der Waals surface area contributed by atoms with E-state index < -0.39 is 0 Å². The molecule has 0 bridgehead atoms. The number of rotatable bonds is 3. The van der Waals surface area contributed by atoms with Gasteiger partial charge in [-0.1, -0.05) is 12.1 Å². The van der Waals surface area contributed by atoms with Crippen molar-refractivity contribution in [1.82, 2.24) is 4.98 Å². The van der Waals surface area contributed by atoms with Gasteiger partial charge in [0.15, 0.2) is 0 Å². The van der Waals surface area contributed by atoms with Crippen molar-refractivity contribution in [2.24, 2.45) is 0 Å². The number of fused-ring (bicyclic) bond motifs is 1. The number of nitrogens with one attached hydrogen (secondary N) is 1. The second-order valence-electron chi connectivity index (χ2n) is 5.46. The number of amides is 1. The summed E-state index contributed by atoms with van der Waals surface area (Å²) in [6.07, 6.45) is 6.43. The molecule has 21 heavy (non-hydrogen) atoms. The first kappa shape index (κ1) is 13.6. The summed E-state index contributed by atoms with van der Waals surface area (Å²) in [7, 11) is 0. The van der Waals surface area contributed by atoms with Gasteiger partial charge in [0.25, 0.3) is 0 Å². The highest BCUT2D eigenvalue weighted by Crippen LogP contribution is 2.27. The second kappa shape index (κ2) is 5.95. The van der Waals surface area contributed by atoms with Crippen LogP contribution >= 0.6 is 0 Å². The number of nitrogens with two attached hydrogens (primary N) is 1. The lowest BCUT2D eigenvalue weighted by Gasteiger charge is -2.19. The Morgan fingerprint density at radius 3 is 2.86 bits per heavy atom. The minimum Gasteiger partial charge on any atom is -0.397 e. The van der Waals surface area contributed by atoms with Gasteiger partial charge in [0, 0.05) is 11.4 Å². The van der Waals surface area contributed by atoms with Crippen molar-refractivity contribution < 1.29 is 4.79 Å². The van der Waals surface area contributed by atoms with E-state index in [1.807, 2.05) is 12.1 Å². The van der Waals surface area contributed by atoms with Gasteiger partial charge in [-0.3, -0.25) is 9.78 Å². The average molecular weight is 281 g/mol. The minimum absolute atomic E-state index is 0.0359. The standard InChI is InChI=1S/C17H19N3O/c18-13-8-9-14(19-11-13)10-17(21)20-16-7-3-5-12-4-1-2-6-15(12)16/h3,5,7-9,11H,1-2,4,6,10,18H2,(H,20,21). The maximum Gasteiger partial charge on any atom is 0.230 e. The molecule has 1 aromatic heterocycles. The van der Waals surface area contributed by atoms with Crippen LogP contribution in [0, 0.1) is 0 Å². The van der Waals surface area contributed by atoms with Gasteiger partial charge in [0.1, 0.15) is 0 Å².